The molecule has 88 valence electrons. The summed E-state index contributed by atoms with van der Waals surface area (Å²) < 4.78 is 0. The van der Waals surface area contributed by atoms with Gasteiger partial charge in [0.05, 0.1) is 0 Å². The maximum Gasteiger partial charge on any atom is 0.191 e. The SMILES string of the molecule is CC(C)N=C(N)N(C)Cc1cccc(Cl)c1. The van der Waals surface area contributed by atoms with Gasteiger partial charge in [-0.3, -0.25) is 4.99 Å². The number of halogens is 1. The topological polar surface area (TPSA) is 41.6 Å². The van der Waals surface area contributed by atoms with Gasteiger partial charge in [0, 0.05) is 24.7 Å². The van der Waals surface area contributed by atoms with Gasteiger partial charge in [-0.15, -0.1) is 0 Å². The summed E-state index contributed by atoms with van der Waals surface area (Å²) in [6.45, 7) is 4.71. The van der Waals surface area contributed by atoms with E-state index >= 15 is 0 Å². The summed E-state index contributed by atoms with van der Waals surface area (Å²) in [5, 5.41) is 0.741. The second-order valence-electron chi connectivity index (χ2n) is 4.07. The van der Waals surface area contributed by atoms with Gasteiger partial charge >= 0.3 is 0 Å². The Hall–Kier alpha value is -1.22. The van der Waals surface area contributed by atoms with E-state index in [0.29, 0.717) is 12.5 Å². The summed E-state index contributed by atoms with van der Waals surface area (Å²) >= 11 is 5.91. The lowest BCUT2D eigenvalue weighted by Gasteiger charge is -2.19. The van der Waals surface area contributed by atoms with Gasteiger partial charge in [0.2, 0.25) is 0 Å². The quantitative estimate of drug-likeness (QED) is 0.651. The number of hydrogen-bond acceptors (Lipinski definition) is 1. The summed E-state index contributed by atoms with van der Waals surface area (Å²) in [5.74, 6) is 0.551. The van der Waals surface area contributed by atoms with Crippen molar-refractivity contribution in [2.75, 3.05) is 7.05 Å². The van der Waals surface area contributed by atoms with E-state index < -0.39 is 0 Å². The van der Waals surface area contributed by atoms with E-state index in [1.807, 2.05) is 50.1 Å². The molecule has 0 spiro atoms. The fourth-order valence-corrected chi connectivity index (χ4v) is 1.57. The van der Waals surface area contributed by atoms with E-state index in [0.717, 1.165) is 10.6 Å². The summed E-state index contributed by atoms with van der Waals surface area (Å²) in [6, 6.07) is 7.95. The Balaban J connectivity index is 2.67. The second kappa shape index (κ2) is 5.75. The van der Waals surface area contributed by atoms with Gasteiger partial charge in [-0.05, 0) is 31.5 Å². The van der Waals surface area contributed by atoms with Crippen LogP contribution in [0.1, 0.15) is 19.4 Å². The molecule has 16 heavy (non-hydrogen) atoms. The van der Waals surface area contributed by atoms with Crippen molar-refractivity contribution in [3.05, 3.63) is 34.9 Å². The molecule has 1 aromatic carbocycles. The molecule has 0 saturated heterocycles. The molecule has 2 N–H and O–H groups in total. The fourth-order valence-electron chi connectivity index (χ4n) is 1.35. The maximum absolute atomic E-state index is 5.91. The molecule has 3 nitrogen and oxygen atoms in total. The minimum Gasteiger partial charge on any atom is -0.370 e. The highest BCUT2D eigenvalue weighted by molar-refractivity contribution is 6.30. The number of aliphatic imine (C=N–C) groups is 1. The largest absolute Gasteiger partial charge is 0.370 e. The standard InChI is InChI=1S/C12H18ClN3/c1-9(2)15-12(14)16(3)8-10-5-4-6-11(13)7-10/h4-7,9H,8H2,1-3H3,(H2,14,15). The number of benzene rings is 1. The lowest BCUT2D eigenvalue weighted by atomic mass is 10.2. The van der Waals surface area contributed by atoms with Crippen LogP contribution in [-0.2, 0) is 6.54 Å². The monoisotopic (exact) mass is 239 g/mol. The highest BCUT2D eigenvalue weighted by Crippen LogP contribution is 2.11. The molecule has 0 aliphatic rings. The van der Waals surface area contributed by atoms with Crippen LogP contribution in [0.15, 0.2) is 29.3 Å². The lowest BCUT2D eigenvalue weighted by molar-refractivity contribution is 0.489. The van der Waals surface area contributed by atoms with Crippen molar-refractivity contribution < 1.29 is 0 Å². The minimum atomic E-state index is 0.210. The molecule has 0 aliphatic heterocycles. The van der Waals surface area contributed by atoms with Gasteiger partial charge < -0.3 is 10.6 Å². The highest BCUT2D eigenvalue weighted by atomic mass is 35.5. The van der Waals surface area contributed by atoms with Crippen molar-refractivity contribution in [2.24, 2.45) is 10.7 Å². The van der Waals surface area contributed by atoms with Gasteiger partial charge in [0.25, 0.3) is 0 Å². The van der Waals surface area contributed by atoms with Crippen LogP contribution in [0.3, 0.4) is 0 Å². The van der Waals surface area contributed by atoms with Crippen LogP contribution < -0.4 is 5.73 Å². The smallest absolute Gasteiger partial charge is 0.191 e. The predicted molar refractivity (Wildman–Crippen MR) is 69.7 cm³/mol. The highest BCUT2D eigenvalue weighted by Gasteiger charge is 2.04. The molecule has 0 saturated carbocycles. The molecular weight excluding hydrogens is 222 g/mol. The Labute approximate surface area is 102 Å². The first kappa shape index (κ1) is 12.8. The van der Waals surface area contributed by atoms with Crippen molar-refractivity contribution in [1.82, 2.24) is 4.90 Å². The van der Waals surface area contributed by atoms with Crippen LogP contribution in [0, 0.1) is 0 Å². The van der Waals surface area contributed by atoms with Gasteiger partial charge in [-0.25, -0.2) is 0 Å². The van der Waals surface area contributed by atoms with Crippen LogP contribution in [0.4, 0.5) is 0 Å². The molecule has 0 bridgehead atoms. The number of hydrogen-bond donors (Lipinski definition) is 1. The summed E-state index contributed by atoms with van der Waals surface area (Å²) in [4.78, 5) is 6.19. The Morgan fingerprint density at radius 1 is 1.50 bits per heavy atom. The fraction of sp³-hybridized carbons (Fsp3) is 0.417. The molecule has 0 atom stereocenters. The van der Waals surface area contributed by atoms with Crippen molar-refractivity contribution in [3.63, 3.8) is 0 Å². The second-order valence-corrected chi connectivity index (χ2v) is 4.50. The van der Waals surface area contributed by atoms with E-state index in [1.165, 1.54) is 0 Å². The van der Waals surface area contributed by atoms with Gasteiger partial charge in [-0.1, -0.05) is 23.7 Å². The Morgan fingerprint density at radius 2 is 2.19 bits per heavy atom. The zero-order valence-corrected chi connectivity index (χ0v) is 10.7. The van der Waals surface area contributed by atoms with Crippen LogP contribution in [0.25, 0.3) is 0 Å². The molecule has 0 heterocycles. The molecule has 0 aliphatic carbocycles. The van der Waals surface area contributed by atoms with Crippen LogP contribution in [0.2, 0.25) is 5.02 Å². The molecule has 0 unspecified atom stereocenters. The lowest BCUT2D eigenvalue weighted by Crippen LogP contribution is -2.34. The van der Waals surface area contributed by atoms with Crippen LogP contribution in [-0.4, -0.2) is 23.9 Å². The predicted octanol–water partition coefficient (Wildman–Crippen LogP) is 2.49. The van der Waals surface area contributed by atoms with E-state index in [1.54, 1.807) is 0 Å². The van der Waals surface area contributed by atoms with Gasteiger partial charge in [0.1, 0.15) is 0 Å². The Morgan fingerprint density at radius 3 is 2.75 bits per heavy atom. The summed E-state index contributed by atoms with van der Waals surface area (Å²) in [5.41, 5.74) is 6.97. The van der Waals surface area contributed by atoms with Crippen molar-refractivity contribution >= 4 is 17.6 Å². The van der Waals surface area contributed by atoms with Gasteiger partial charge in [-0.2, -0.15) is 0 Å². The van der Waals surface area contributed by atoms with Crippen LogP contribution in [0.5, 0.6) is 0 Å². The first-order valence-corrected chi connectivity index (χ1v) is 5.65. The summed E-state index contributed by atoms with van der Waals surface area (Å²) in [6.07, 6.45) is 0. The molecule has 0 aromatic heterocycles. The minimum absolute atomic E-state index is 0.210. The Bertz CT molecular complexity index is 374. The van der Waals surface area contributed by atoms with E-state index in [-0.39, 0.29) is 6.04 Å². The molecule has 1 aromatic rings. The van der Waals surface area contributed by atoms with Gasteiger partial charge in [0.15, 0.2) is 5.96 Å². The average molecular weight is 240 g/mol. The van der Waals surface area contributed by atoms with Crippen LogP contribution >= 0.6 is 11.6 Å². The zero-order valence-electron chi connectivity index (χ0n) is 9.94. The third-order valence-corrected chi connectivity index (χ3v) is 2.33. The molecular formula is C12H18ClN3. The van der Waals surface area contributed by atoms with E-state index in [4.69, 9.17) is 17.3 Å². The van der Waals surface area contributed by atoms with Crippen molar-refractivity contribution in [1.29, 1.82) is 0 Å². The molecule has 4 heteroatoms. The average Bonchev–Trinajstić information content (AvgIpc) is 2.16. The number of nitrogens with two attached hydrogens (primary N) is 1. The number of guanidine groups is 1. The maximum atomic E-state index is 5.91. The first-order chi connectivity index (χ1) is 7.49. The molecule has 0 amide bonds. The third kappa shape index (κ3) is 4.11. The first-order valence-electron chi connectivity index (χ1n) is 5.28. The molecule has 1 rings (SSSR count). The number of rotatable bonds is 3. The zero-order chi connectivity index (χ0) is 12.1. The van der Waals surface area contributed by atoms with Crippen molar-refractivity contribution in [2.45, 2.75) is 26.4 Å². The molecule has 0 fully saturated rings. The van der Waals surface area contributed by atoms with E-state index in [9.17, 15) is 0 Å². The van der Waals surface area contributed by atoms with Crippen molar-refractivity contribution in [3.8, 4) is 0 Å². The Kier molecular flexibility index (Phi) is 4.62. The third-order valence-electron chi connectivity index (χ3n) is 2.09. The molecule has 0 radical (unpaired) electrons. The van der Waals surface area contributed by atoms with E-state index in [2.05, 4.69) is 4.99 Å². The number of nitrogens with zero attached hydrogens (tertiary/aromatic N) is 2. The summed E-state index contributed by atoms with van der Waals surface area (Å²) in [7, 11) is 1.92. The normalized spacial score (nSPS) is 11.9.